The average Bonchev–Trinajstić information content (AvgIpc) is 3.46. The topological polar surface area (TPSA) is 76.8 Å². The van der Waals surface area contributed by atoms with Gasteiger partial charge in [0.2, 0.25) is 0 Å². The minimum Gasteiger partial charge on any atom is -0.363 e. The summed E-state index contributed by atoms with van der Waals surface area (Å²) in [7, 11) is 0. The van der Waals surface area contributed by atoms with E-state index in [1.165, 1.54) is 12.3 Å². The number of rotatable bonds is 5. The molecule has 35 heavy (non-hydrogen) atoms. The fourth-order valence-electron chi connectivity index (χ4n) is 4.26. The molecule has 180 valence electrons. The largest absolute Gasteiger partial charge is 0.410 e. The third-order valence-corrected chi connectivity index (χ3v) is 6.11. The van der Waals surface area contributed by atoms with Crippen LogP contribution in [0.3, 0.4) is 0 Å². The molecule has 0 saturated heterocycles. The van der Waals surface area contributed by atoms with Gasteiger partial charge in [-0.15, -0.1) is 0 Å². The number of nitrogens with one attached hydrogen (secondary N) is 2. The van der Waals surface area contributed by atoms with Gasteiger partial charge in [0.15, 0.2) is 11.7 Å². The Morgan fingerprint density at radius 1 is 1.14 bits per heavy atom. The quantitative estimate of drug-likeness (QED) is 0.404. The van der Waals surface area contributed by atoms with Gasteiger partial charge in [-0.3, -0.25) is 9.48 Å². The number of alkyl halides is 3. The third kappa shape index (κ3) is 4.77. The number of hydrogen-bond acceptors (Lipinski definition) is 4. The minimum absolute atomic E-state index is 0.109. The molecule has 0 radical (unpaired) electrons. The van der Waals surface area contributed by atoms with Crippen molar-refractivity contribution in [1.82, 2.24) is 19.6 Å². The lowest BCUT2D eigenvalue weighted by Gasteiger charge is -2.33. The van der Waals surface area contributed by atoms with E-state index in [0.29, 0.717) is 12.2 Å². The predicted molar refractivity (Wildman–Crippen MR) is 125 cm³/mol. The zero-order valence-corrected chi connectivity index (χ0v) is 18.8. The maximum absolute atomic E-state index is 13.9. The molecule has 4 aromatic rings. The van der Waals surface area contributed by atoms with E-state index in [2.05, 4.69) is 20.8 Å². The molecule has 7 nitrogen and oxygen atoms in total. The molecule has 0 unspecified atom stereocenters. The van der Waals surface area contributed by atoms with Crippen molar-refractivity contribution in [3.8, 4) is 0 Å². The van der Waals surface area contributed by atoms with E-state index >= 15 is 0 Å². The summed E-state index contributed by atoms with van der Waals surface area (Å²) in [5.41, 5.74) is 3.27. The number of aryl methyl sites for hydroxylation is 1. The minimum atomic E-state index is -4.51. The van der Waals surface area contributed by atoms with Crippen LogP contribution < -0.4 is 10.6 Å². The number of benzene rings is 2. The Morgan fingerprint density at radius 2 is 1.89 bits per heavy atom. The SMILES string of the molecule is Cc1ccccc1Cn1cc(NC(=O)c2cc3n(n2)[C@H](C(F)(F)F)C[C@@H](c2ccccc2)N3)cn1. The van der Waals surface area contributed by atoms with E-state index in [0.717, 1.165) is 21.4 Å². The van der Waals surface area contributed by atoms with Crippen molar-refractivity contribution < 1.29 is 18.0 Å². The molecule has 0 bridgehead atoms. The zero-order chi connectivity index (χ0) is 24.6. The Hall–Kier alpha value is -4.08. The maximum atomic E-state index is 13.9. The predicted octanol–water partition coefficient (Wildman–Crippen LogP) is 5.35. The Bertz CT molecular complexity index is 1340. The molecular formula is C25H23F3N6O. The molecule has 10 heteroatoms. The van der Waals surface area contributed by atoms with Gasteiger partial charge in [-0.25, -0.2) is 4.68 Å². The van der Waals surface area contributed by atoms with Gasteiger partial charge in [-0.05, 0) is 23.6 Å². The van der Waals surface area contributed by atoms with Gasteiger partial charge < -0.3 is 10.6 Å². The standard InChI is InChI=1S/C25H23F3N6O/c1-16-7-5-6-10-18(16)14-33-15-19(13-29-33)30-24(35)21-12-23-31-20(17-8-3-2-4-9-17)11-22(25(26,27)28)34(23)32-21/h2-10,12-13,15,20,22,31H,11,14H2,1H3,(H,30,35)/t20-,22-/m0/s1. The summed E-state index contributed by atoms with van der Waals surface area (Å²) in [5, 5.41) is 14.0. The number of anilines is 2. The molecule has 0 fully saturated rings. The van der Waals surface area contributed by atoms with Crippen LogP contribution in [0.5, 0.6) is 0 Å². The number of carbonyl (C=O) groups is 1. The third-order valence-electron chi connectivity index (χ3n) is 6.11. The molecule has 1 aliphatic rings. The van der Waals surface area contributed by atoms with E-state index in [9.17, 15) is 18.0 Å². The van der Waals surface area contributed by atoms with Crippen LogP contribution >= 0.6 is 0 Å². The van der Waals surface area contributed by atoms with Gasteiger partial charge in [0.05, 0.1) is 24.5 Å². The number of fused-ring (bicyclic) bond motifs is 1. The molecule has 2 aromatic heterocycles. The summed E-state index contributed by atoms with van der Waals surface area (Å²) in [6.07, 6.45) is -1.58. The smallest absolute Gasteiger partial charge is 0.363 e. The molecular weight excluding hydrogens is 457 g/mol. The fraction of sp³-hybridized carbons (Fsp3) is 0.240. The monoisotopic (exact) mass is 480 g/mol. The number of hydrogen-bond donors (Lipinski definition) is 2. The summed E-state index contributed by atoms with van der Waals surface area (Å²) in [4.78, 5) is 12.8. The van der Waals surface area contributed by atoms with E-state index in [4.69, 9.17) is 0 Å². The molecule has 2 atom stereocenters. The Balaban J connectivity index is 1.35. The Morgan fingerprint density at radius 3 is 2.63 bits per heavy atom. The summed E-state index contributed by atoms with van der Waals surface area (Å²) >= 11 is 0. The second-order valence-corrected chi connectivity index (χ2v) is 8.57. The molecule has 1 aliphatic heterocycles. The summed E-state index contributed by atoms with van der Waals surface area (Å²) in [5.74, 6) is -0.464. The van der Waals surface area contributed by atoms with Crippen molar-refractivity contribution in [2.24, 2.45) is 0 Å². The first-order chi connectivity index (χ1) is 16.8. The lowest BCUT2D eigenvalue weighted by atomic mass is 9.97. The van der Waals surface area contributed by atoms with Gasteiger partial charge in [0.25, 0.3) is 5.91 Å². The Labute approximate surface area is 199 Å². The highest BCUT2D eigenvalue weighted by molar-refractivity contribution is 6.03. The second-order valence-electron chi connectivity index (χ2n) is 8.57. The lowest BCUT2D eigenvalue weighted by Crippen LogP contribution is -2.35. The molecule has 0 spiro atoms. The molecule has 3 heterocycles. The van der Waals surface area contributed by atoms with Crippen molar-refractivity contribution in [3.63, 3.8) is 0 Å². The van der Waals surface area contributed by atoms with E-state index in [-0.39, 0.29) is 17.9 Å². The molecule has 0 saturated carbocycles. The normalized spacial score (nSPS) is 17.5. The van der Waals surface area contributed by atoms with Crippen LogP contribution in [0, 0.1) is 6.92 Å². The van der Waals surface area contributed by atoms with Gasteiger partial charge in [-0.1, -0.05) is 54.6 Å². The van der Waals surface area contributed by atoms with Crippen molar-refractivity contribution >= 4 is 17.4 Å². The highest BCUT2D eigenvalue weighted by Crippen LogP contribution is 2.43. The zero-order valence-electron chi connectivity index (χ0n) is 18.8. The summed E-state index contributed by atoms with van der Waals surface area (Å²) in [6.45, 7) is 2.53. The molecule has 2 N–H and O–H groups in total. The first-order valence-electron chi connectivity index (χ1n) is 11.1. The van der Waals surface area contributed by atoms with Gasteiger partial charge in [-0.2, -0.15) is 23.4 Å². The van der Waals surface area contributed by atoms with Crippen molar-refractivity contribution in [2.45, 2.75) is 38.1 Å². The number of halogens is 3. The van der Waals surface area contributed by atoms with Gasteiger partial charge in [0, 0.05) is 18.7 Å². The fourth-order valence-corrected chi connectivity index (χ4v) is 4.26. The first kappa shape index (κ1) is 22.7. The van der Waals surface area contributed by atoms with Gasteiger partial charge in [0.1, 0.15) is 5.82 Å². The van der Waals surface area contributed by atoms with Crippen LogP contribution in [0.25, 0.3) is 0 Å². The van der Waals surface area contributed by atoms with Crippen molar-refractivity contribution in [1.29, 1.82) is 0 Å². The van der Waals surface area contributed by atoms with E-state index in [1.807, 2.05) is 37.3 Å². The highest BCUT2D eigenvalue weighted by Gasteiger charge is 2.46. The lowest BCUT2D eigenvalue weighted by molar-refractivity contribution is -0.173. The highest BCUT2D eigenvalue weighted by atomic mass is 19.4. The van der Waals surface area contributed by atoms with Crippen LogP contribution in [-0.4, -0.2) is 31.6 Å². The van der Waals surface area contributed by atoms with Crippen molar-refractivity contribution in [2.75, 3.05) is 10.6 Å². The number of nitrogens with zero attached hydrogens (tertiary/aromatic N) is 4. The number of carbonyl (C=O) groups excluding carboxylic acids is 1. The number of aromatic nitrogens is 4. The van der Waals surface area contributed by atoms with Gasteiger partial charge >= 0.3 is 6.18 Å². The molecule has 0 aliphatic carbocycles. The van der Waals surface area contributed by atoms with Crippen LogP contribution in [-0.2, 0) is 6.54 Å². The summed E-state index contributed by atoms with van der Waals surface area (Å²) in [6, 6.07) is 15.8. The van der Waals surface area contributed by atoms with Crippen molar-refractivity contribution in [3.05, 3.63) is 95.4 Å². The molecule has 2 aromatic carbocycles. The van der Waals surface area contributed by atoms with Crippen LogP contribution in [0.4, 0.5) is 24.7 Å². The van der Waals surface area contributed by atoms with Crippen LogP contribution in [0.1, 0.15) is 45.7 Å². The Kier molecular flexibility index (Phi) is 5.80. The number of amides is 1. The van der Waals surface area contributed by atoms with E-state index in [1.54, 1.807) is 35.1 Å². The average molecular weight is 480 g/mol. The summed E-state index contributed by atoms with van der Waals surface area (Å²) < 4.78 is 44.2. The second kappa shape index (κ2) is 8.94. The maximum Gasteiger partial charge on any atom is 0.410 e. The van der Waals surface area contributed by atoms with Crippen LogP contribution in [0.15, 0.2) is 73.1 Å². The molecule has 5 rings (SSSR count). The first-order valence-corrected chi connectivity index (χ1v) is 11.1. The van der Waals surface area contributed by atoms with Crippen LogP contribution in [0.2, 0.25) is 0 Å². The molecule has 1 amide bonds. The van der Waals surface area contributed by atoms with E-state index < -0.39 is 24.2 Å².